The van der Waals surface area contributed by atoms with Crippen molar-refractivity contribution in [1.29, 1.82) is 0 Å². The monoisotopic (exact) mass is 405 g/mol. The zero-order valence-electron chi connectivity index (χ0n) is 18.4. The van der Waals surface area contributed by atoms with E-state index in [0.29, 0.717) is 24.7 Å². The van der Waals surface area contributed by atoms with Gasteiger partial charge in [-0.25, -0.2) is 0 Å². The highest BCUT2D eigenvalue weighted by atomic mass is 16.5. The van der Waals surface area contributed by atoms with Crippen molar-refractivity contribution in [3.05, 3.63) is 0 Å². The lowest BCUT2D eigenvalue weighted by Crippen LogP contribution is -2.65. The third-order valence-electron chi connectivity index (χ3n) is 9.37. The number of likely N-dealkylation sites (tertiary alicyclic amines) is 1. The van der Waals surface area contributed by atoms with Gasteiger partial charge in [0.1, 0.15) is 6.10 Å². The maximum Gasteiger partial charge on any atom is 0.309 e. The lowest BCUT2D eigenvalue weighted by molar-refractivity contribution is -0.196. The molecule has 0 spiro atoms. The van der Waals surface area contributed by atoms with Crippen molar-refractivity contribution < 1.29 is 23.9 Å². The molecule has 0 radical (unpaired) electrons. The molecule has 1 saturated heterocycles. The van der Waals surface area contributed by atoms with Crippen molar-refractivity contribution in [2.75, 3.05) is 14.2 Å². The third kappa shape index (κ3) is 2.92. The van der Waals surface area contributed by atoms with Gasteiger partial charge in [-0.05, 0) is 54.8 Å². The van der Waals surface area contributed by atoms with E-state index in [1.165, 1.54) is 14.0 Å². The summed E-state index contributed by atoms with van der Waals surface area (Å²) < 4.78 is 11.1. The molecule has 0 aromatic rings. The van der Waals surface area contributed by atoms with Crippen LogP contribution in [0, 0.1) is 34.5 Å². The molecular formula is C23H35NO5. The molecule has 29 heavy (non-hydrogen) atoms. The van der Waals surface area contributed by atoms with E-state index in [9.17, 15) is 14.4 Å². The van der Waals surface area contributed by atoms with Crippen molar-refractivity contribution in [3.63, 3.8) is 0 Å². The molecule has 1 amide bonds. The van der Waals surface area contributed by atoms with E-state index in [4.69, 9.17) is 9.47 Å². The first kappa shape index (κ1) is 20.7. The highest BCUT2D eigenvalue weighted by Gasteiger charge is 2.65. The topological polar surface area (TPSA) is 72.9 Å². The number of nitrogens with zero attached hydrogens (tertiary/aromatic N) is 1. The molecule has 3 aliphatic carbocycles. The Morgan fingerprint density at radius 1 is 1.07 bits per heavy atom. The summed E-state index contributed by atoms with van der Waals surface area (Å²) in [7, 11) is 3.39. The van der Waals surface area contributed by atoms with Crippen molar-refractivity contribution in [3.8, 4) is 0 Å². The Balaban J connectivity index is 1.72. The highest BCUT2D eigenvalue weighted by Crippen LogP contribution is 2.66. The molecule has 0 aromatic heterocycles. The molecule has 4 rings (SSSR count). The number of fused-ring (bicyclic) bond motifs is 5. The van der Waals surface area contributed by atoms with Gasteiger partial charge in [0.05, 0.1) is 13.0 Å². The SMILES string of the molecule is COC(=O)C1CC[C@H]2[C@@H]3C(OC(C)=O)CC4N(C)C(=O)CC[C@]4(C)[C@@H]3CC[C@]12C. The van der Waals surface area contributed by atoms with E-state index in [0.717, 1.165) is 32.1 Å². The molecule has 4 aliphatic rings. The molecule has 3 saturated carbocycles. The zero-order valence-corrected chi connectivity index (χ0v) is 18.4. The Bertz CT molecular complexity index is 722. The van der Waals surface area contributed by atoms with Gasteiger partial charge in [0, 0.05) is 38.8 Å². The minimum Gasteiger partial charge on any atom is -0.469 e. The van der Waals surface area contributed by atoms with Gasteiger partial charge in [-0.1, -0.05) is 13.8 Å². The average Bonchev–Trinajstić information content (AvgIpc) is 3.02. The van der Waals surface area contributed by atoms with Crippen LogP contribution in [0.5, 0.6) is 0 Å². The summed E-state index contributed by atoms with van der Waals surface area (Å²) in [4.78, 5) is 38.8. The van der Waals surface area contributed by atoms with Crippen molar-refractivity contribution in [2.24, 2.45) is 34.5 Å². The van der Waals surface area contributed by atoms with Crippen LogP contribution in [0.2, 0.25) is 0 Å². The number of rotatable bonds is 2. The Labute approximate surface area is 173 Å². The van der Waals surface area contributed by atoms with E-state index in [-0.39, 0.29) is 52.7 Å². The molecule has 8 atom stereocenters. The maximum atomic E-state index is 12.5. The summed E-state index contributed by atoms with van der Waals surface area (Å²) in [5.74, 6) is 0.760. The number of carbonyl (C=O) groups is 3. The van der Waals surface area contributed by atoms with Crippen LogP contribution in [0.4, 0.5) is 0 Å². The Kier molecular flexibility index (Phi) is 4.98. The van der Waals surface area contributed by atoms with Crippen LogP contribution in [-0.4, -0.2) is 49.0 Å². The van der Waals surface area contributed by atoms with Gasteiger partial charge in [-0.15, -0.1) is 0 Å². The average molecular weight is 406 g/mol. The van der Waals surface area contributed by atoms with Gasteiger partial charge in [0.25, 0.3) is 0 Å². The Morgan fingerprint density at radius 2 is 1.76 bits per heavy atom. The Morgan fingerprint density at radius 3 is 2.41 bits per heavy atom. The molecule has 162 valence electrons. The summed E-state index contributed by atoms with van der Waals surface area (Å²) in [5.41, 5.74) is -0.0686. The summed E-state index contributed by atoms with van der Waals surface area (Å²) in [6.07, 6.45) is 5.84. The summed E-state index contributed by atoms with van der Waals surface area (Å²) in [5, 5.41) is 0. The second-order valence-corrected chi connectivity index (χ2v) is 10.4. The predicted molar refractivity (Wildman–Crippen MR) is 107 cm³/mol. The van der Waals surface area contributed by atoms with Gasteiger partial charge in [-0.3, -0.25) is 14.4 Å². The predicted octanol–water partition coefficient (Wildman–Crippen LogP) is 3.18. The number of hydrogen-bond acceptors (Lipinski definition) is 5. The van der Waals surface area contributed by atoms with E-state index < -0.39 is 0 Å². The zero-order chi connectivity index (χ0) is 21.1. The van der Waals surface area contributed by atoms with Crippen LogP contribution in [0.15, 0.2) is 0 Å². The fourth-order valence-electron chi connectivity index (χ4n) is 7.92. The lowest BCUT2D eigenvalue weighted by atomic mass is 9.46. The van der Waals surface area contributed by atoms with Gasteiger partial charge < -0.3 is 14.4 Å². The first-order chi connectivity index (χ1) is 13.6. The molecule has 6 heteroatoms. The lowest BCUT2D eigenvalue weighted by Gasteiger charge is -2.63. The second kappa shape index (κ2) is 6.98. The van der Waals surface area contributed by atoms with Crippen LogP contribution in [0.25, 0.3) is 0 Å². The van der Waals surface area contributed by atoms with Crippen LogP contribution in [-0.2, 0) is 23.9 Å². The molecule has 1 aliphatic heterocycles. The Hall–Kier alpha value is -1.59. The second-order valence-electron chi connectivity index (χ2n) is 10.4. The van der Waals surface area contributed by atoms with E-state index >= 15 is 0 Å². The number of piperidine rings is 1. The van der Waals surface area contributed by atoms with Crippen LogP contribution in [0.3, 0.4) is 0 Å². The molecule has 6 nitrogen and oxygen atoms in total. The number of methoxy groups -OCH3 is 1. The molecular weight excluding hydrogens is 370 g/mol. The molecule has 0 bridgehead atoms. The largest absolute Gasteiger partial charge is 0.469 e. The summed E-state index contributed by atoms with van der Waals surface area (Å²) >= 11 is 0. The number of amides is 1. The fourth-order valence-corrected chi connectivity index (χ4v) is 7.92. The van der Waals surface area contributed by atoms with E-state index in [1.807, 2.05) is 11.9 Å². The normalized spacial score (nSPS) is 46.4. The smallest absolute Gasteiger partial charge is 0.309 e. The minimum absolute atomic E-state index is 0.0364. The van der Waals surface area contributed by atoms with Crippen molar-refractivity contribution in [1.82, 2.24) is 4.90 Å². The van der Waals surface area contributed by atoms with E-state index in [2.05, 4.69) is 13.8 Å². The van der Waals surface area contributed by atoms with Crippen LogP contribution in [0.1, 0.15) is 65.7 Å². The quantitative estimate of drug-likeness (QED) is 0.660. The summed E-state index contributed by atoms with van der Waals surface area (Å²) in [6, 6.07) is 0.108. The summed E-state index contributed by atoms with van der Waals surface area (Å²) in [6.45, 7) is 6.07. The van der Waals surface area contributed by atoms with Gasteiger partial charge in [0.2, 0.25) is 5.91 Å². The number of carbonyl (C=O) groups excluding carboxylic acids is 3. The highest BCUT2D eigenvalue weighted by molar-refractivity contribution is 5.77. The van der Waals surface area contributed by atoms with Gasteiger partial charge in [-0.2, -0.15) is 0 Å². The molecule has 3 unspecified atom stereocenters. The first-order valence-corrected chi connectivity index (χ1v) is 11.1. The number of hydrogen-bond donors (Lipinski definition) is 0. The molecule has 0 N–H and O–H groups in total. The number of esters is 2. The van der Waals surface area contributed by atoms with Gasteiger partial charge >= 0.3 is 11.9 Å². The fraction of sp³-hybridized carbons (Fsp3) is 0.870. The number of ether oxygens (including phenoxy) is 2. The van der Waals surface area contributed by atoms with Crippen LogP contribution < -0.4 is 0 Å². The molecule has 0 aromatic carbocycles. The van der Waals surface area contributed by atoms with Gasteiger partial charge in [0.15, 0.2) is 0 Å². The molecule has 1 heterocycles. The first-order valence-electron chi connectivity index (χ1n) is 11.1. The van der Waals surface area contributed by atoms with Crippen molar-refractivity contribution >= 4 is 17.8 Å². The maximum absolute atomic E-state index is 12.5. The third-order valence-corrected chi connectivity index (χ3v) is 9.37. The van der Waals surface area contributed by atoms with Crippen LogP contribution >= 0.6 is 0 Å². The van der Waals surface area contributed by atoms with E-state index in [1.54, 1.807) is 0 Å². The minimum atomic E-state index is -0.253. The molecule has 4 fully saturated rings. The van der Waals surface area contributed by atoms with Crippen molar-refractivity contribution in [2.45, 2.75) is 77.9 Å². The standard InChI is InChI=1S/C23H35NO5/c1-13(25)29-17-12-18-23(3,11-9-19(26)24(18)4)15-8-10-22(2)14(20(15)17)6-7-16(22)21(27)28-5/h14-18,20H,6-12H2,1-5H3/t14-,15+,16?,17?,18?,20-,22-,23+/m0/s1.